The summed E-state index contributed by atoms with van der Waals surface area (Å²) in [6, 6.07) is 7.46. The lowest BCUT2D eigenvalue weighted by Crippen LogP contribution is -2.47. The Bertz CT molecular complexity index is 693. The van der Waals surface area contributed by atoms with Gasteiger partial charge in [0.2, 0.25) is 0 Å². The number of carbonyl (C=O) groups excluding carboxylic acids is 1. The van der Waals surface area contributed by atoms with Crippen molar-refractivity contribution in [1.29, 1.82) is 0 Å². The first-order chi connectivity index (χ1) is 13.6. The zero-order chi connectivity index (χ0) is 21.6. The van der Waals surface area contributed by atoms with Crippen molar-refractivity contribution < 1.29 is 24.2 Å². The van der Waals surface area contributed by atoms with Gasteiger partial charge in [0.15, 0.2) is 0 Å². The Balaban J connectivity index is 1.74. The quantitative estimate of drug-likeness (QED) is 0.746. The summed E-state index contributed by atoms with van der Waals surface area (Å²) in [4.78, 5) is 27.4. The van der Waals surface area contributed by atoms with Crippen molar-refractivity contribution in [1.82, 2.24) is 9.80 Å². The molecule has 0 bridgehead atoms. The van der Waals surface area contributed by atoms with Gasteiger partial charge in [-0.2, -0.15) is 0 Å². The highest BCUT2D eigenvalue weighted by molar-refractivity contribution is 5.75. The number of ether oxygens (including phenoxy) is 2. The van der Waals surface area contributed by atoms with E-state index in [0.29, 0.717) is 12.4 Å². The zero-order valence-corrected chi connectivity index (χ0v) is 18.2. The molecule has 29 heavy (non-hydrogen) atoms. The molecule has 7 heteroatoms. The maximum Gasteiger partial charge on any atom is 0.410 e. The largest absolute Gasteiger partial charge is 0.492 e. The van der Waals surface area contributed by atoms with E-state index < -0.39 is 17.5 Å². The van der Waals surface area contributed by atoms with Crippen molar-refractivity contribution in [2.45, 2.75) is 58.1 Å². The fraction of sp³-hybridized carbons (Fsp3) is 0.636. The molecule has 0 aliphatic carbocycles. The van der Waals surface area contributed by atoms with Gasteiger partial charge >= 0.3 is 12.1 Å². The molecule has 2 rings (SSSR count). The lowest BCUT2D eigenvalue weighted by atomic mass is 10.0. The van der Waals surface area contributed by atoms with Crippen LogP contribution in [0.5, 0.6) is 5.75 Å². The van der Waals surface area contributed by atoms with Crippen LogP contribution in [0.3, 0.4) is 0 Å². The molecule has 1 amide bonds. The van der Waals surface area contributed by atoms with Crippen molar-refractivity contribution in [3.8, 4) is 5.75 Å². The van der Waals surface area contributed by atoms with Gasteiger partial charge in [0, 0.05) is 32.7 Å². The van der Waals surface area contributed by atoms with E-state index in [4.69, 9.17) is 14.6 Å². The van der Waals surface area contributed by atoms with Crippen LogP contribution in [0, 0.1) is 0 Å². The number of carboxylic acids is 1. The van der Waals surface area contributed by atoms with Crippen LogP contribution >= 0.6 is 0 Å². The SMILES string of the molecule is CC(C(=O)O)c1cccc(OCCN2CCC(N(C)C(=O)OC(C)(C)C)CC2)c1. The summed E-state index contributed by atoms with van der Waals surface area (Å²) in [7, 11) is 1.81. The van der Waals surface area contributed by atoms with Gasteiger partial charge < -0.3 is 19.5 Å². The number of nitrogens with zero attached hydrogens (tertiary/aromatic N) is 2. The van der Waals surface area contributed by atoms with Gasteiger partial charge in [-0.3, -0.25) is 9.69 Å². The van der Waals surface area contributed by atoms with E-state index in [9.17, 15) is 9.59 Å². The van der Waals surface area contributed by atoms with Crippen LogP contribution in [0.25, 0.3) is 0 Å². The minimum absolute atomic E-state index is 0.191. The average Bonchev–Trinajstić information content (AvgIpc) is 2.66. The number of rotatable bonds is 7. The van der Waals surface area contributed by atoms with Crippen LogP contribution in [0.15, 0.2) is 24.3 Å². The van der Waals surface area contributed by atoms with Gasteiger partial charge in [-0.1, -0.05) is 12.1 Å². The van der Waals surface area contributed by atoms with E-state index in [1.54, 1.807) is 24.0 Å². The van der Waals surface area contributed by atoms with E-state index in [1.165, 1.54) is 0 Å². The molecule has 1 aliphatic rings. The molecule has 1 saturated heterocycles. The number of carbonyl (C=O) groups is 2. The molecule has 1 aliphatic heterocycles. The van der Waals surface area contributed by atoms with E-state index in [0.717, 1.165) is 38.0 Å². The molecule has 0 saturated carbocycles. The highest BCUT2D eigenvalue weighted by Gasteiger charge is 2.28. The van der Waals surface area contributed by atoms with Crippen LogP contribution in [0.2, 0.25) is 0 Å². The Morgan fingerprint density at radius 3 is 2.52 bits per heavy atom. The molecule has 1 atom stereocenters. The highest BCUT2D eigenvalue weighted by atomic mass is 16.6. The van der Waals surface area contributed by atoms with Crippen molar-refractivity contribution in [3.05, 3.63) is 29.8 Å². The summed E-state index contributed by atoms with van der Waals surface area (Å²) in [6.07, 6.45) is 1.54. The topological polar surface area (TPSA) is 79.3 Å². The molecule has 1 heterocycles. The number of likely N-dealkylation sites (tertiary alicyclic amines) is 1. The van der Waals surface area contributed by atoms with Gasteiger partial charge in [0.25, 0.3) is 0 Å². The average molecular weight is 407 g/mol. The summed E-state index contributed by atoms with van der Waals surface area (Å²) < 4.78 is 11.3. The second kappa shape index (κ2) is 9.96. The number of hydrogen-bond donors (Lipinski definition) is 1. The van der Waals surface area contributed by atoms with Gasteiger partial charge in [-0.05, 0) is 58.2 Å². The first-order valence-corrected chi connectivity index (χ1v) is 10.2. The van der Waals surface area contributed by atoms with E-state index in [2.05, 4.69) is 4.90 Å². The third-order valence-electron chi connectivity index (χ3n) is 5.19. The normalized spacial score (nSPS) is 16.9. The molecular weight excluding hydrogens is 372 g/mol. The van der Waals surface area contributed by atoms with Crippen molar-refractivity contribution in [3.63, 3.8) is 0 Å². The van der Waals surface area contributed by atoms with Crippen molar-refractivity contribution in [2.24, 2.45) is 0 Å². The molecule has 1 N–H and O–H groups in total. The van der Waals surface area contributed by atoms with Crippen LogP contribution in [-0.4, -0.2) is 71.9 Å². The summed E-state index contributed by atoms with van der Waals surface area (Å²) >= 11 is 0. The number of carboxylic acid groups (broad SMARTS) is 1. The summed E-state index contributed by atoms with van der Waals surface area (Å²) in [6.45, 7) is 10.4. The van der Waals surface area contributed by atoms with Gasteiger partial charge in [-0.15, -0.1) is 0 Å². The molecule has 1 unspecified atom stereocenters. The maximum absolute atomic E-state index is 12.2. The number of amides is 1. The Kier molecular flexibility index (Phi) is 7.90. The molecule has 0 aromatic heterocycles. The number of aliphatic carboxylic acids is 1. The molecule has 1 aromatic rings. The zero-order valence-electron chi connectivity index (χ0n) is 18.2. The third-order valence-corrected chi connectivity index (χ3v) is 5.19. The molecule has 0 spiro atoms. The molecule has 0 radical (unpaired) electrons. The first-order valence-electron chi connectivity index (χ1n) is 10.2. The summed E-state index contributed by atoms with van der Waals surface area (Å²) in [5.41, 5.74) is 0.254. The standard InChI is InChI=1S/C22H34N2O5/c1-16(20(25)26)17-7-6-8-19(15-17)28-14-13-24-11-9-18(10-12-24)23(5)21(27)29-22(2,3)4/h6-8,15-16,18H,9-14H2,1-5H3,(H,25,26). The van der Waals surface area contributed by atoms with E-state index in [1.807, 2.05) is 40.0 Å². The Labute approximate surface area is 173 Å². The van der Waals surface area contributed by atoms with Crippen molar-refractivity contribution >= 4 is 12.1 Å². The lowest BCUT2D eigenvalue weighted by Gasteiger charge is -2.37. The molecule has 162 valence electrons. The number of hydrogen-bond acceptors (Lipinski definition) is 5. The second-order valence-corrected chi connectivity index (χ2v) is 8.64. The van der Waals surface area contributed by atoms with Crippen LogP contribution in [0.1, 0.15) is 52.0 Å². The van der Waals surface area contributed by atoms with Crippen LogP contribution in [-0.2, 0) is 9.53 Å². The smallest absolute Gasteiger partial charge is 0.410 e. The van der Waals surface area contributed by atoms with Crippen molar-refractivity contribution in [2.75, 3.05) is 33.3 Å². The predicted molar refractivity (Wildman–Crippen MR) is 111 cm³/mol. The number of piperidine rings is 1. The fourth-order valence-corrected chi connectivity index (χ4v) is 3.32. The monoisotopic (exact) mass is 406 g/mol. The van der Waals surface area contributed by atoms with Crippen LogP contribution in [0.4, 0.5) is 4.79 Å². The van der Waals surface area contributed by atoms with E-state index in [-0.39, 0.29) is 12.1 Å². The Hall–Kier alpha value is -2.28. The Morgan fingerprint density at radius 2 is 1.93 bits per heavy atom. The minimum atomic E-state index is -0.846. The highest BCUT2D eigenvalue weighted by Crippen LogP contribution is 2.22. The van der Waals surface area contributed by atoms with Gasteiger partial charge in [0.05, 0.1) is 5.92 Å². The molecule has 7 nitrogen and oxygen atoms in total. The Morgan fingerprint density at radius 1 is 1.28 bits per heavy atom. The molecular formula is C22H34N2O5. The first kappa shape index (κ1) is 23.0. The van der Waals surface area contributed by atoms with Gasteiger partial charge in [-0.25, -0.2) is 4.79 Å². The fourth-order valence-electron chi connectivity index (χ4n) is 3.32. The lowest BCUT2D eigenvalue weighted by molar-refractivity contribution is -0.138. The maximum atomic E-state index is 12.2. The summed E-state index contributed by atoms with van der Waals surface area (Å²) in [5.74, 6) is -0.712. The molecule has 1 aromatic carbocycles. The molecule has 1 fully saturated rings. The third kappa shape index (κ3) is 7.24. The van der Waals surface area contributed by atoms with Crippen LogP contribution < -0.4 is 4.74 Å². The van der Waals surface area contributed by atoms with Gasteiger partial charge in [0.1, 0.15) is 18.0 Å². The minimum Gasteiger partial charge on any atom is -0.492 e. The van der Waals surface area contributed by atoms with E-state index >= 15 is 0 Å². The predicted octanol–water partition coefficient (Wildman–Crippen LogP) is 3.58. The summed E-state index contributed by atoms with van der Waals surface area (Å²) in [5, 5.41) is 9.14. The second-order valence-electron chi connectivity index (χ2n) is 8.64. The number of benzene rings is 1.